The Morgan fingerprint density at radius 2 is 2.38 bits per heavy atom. The topological polar surface area (TPSA) is 86.8 Å². The average Bonchev–Trinajstić information content (AvgIpc) is 3.15. The highest BCUT2D eigenvalue weighted by Crippen LogP contribution is 2.39. The zero-order chi connectivity index (χ0) is 14.2. The summed E-state index contributed by atoms with van der Waals surface area (Å²) in [5, 5.41) is 10.5. The number of aromatic nitrogens is 4. The molecule has 2 N–H and O–H groups in total. The van der Waals surface area contributed by atoms with E-state index in [0.29, 0.717) is 17.6 Å². The van der Waals surface area contributed by atoms with Crippen LogP contribution in [0.1, 0.15) is 42.3 Å². The van der Waals surface area contributed by atoms with Gasteiger partial charge in [-0.15, -0.1) is 0 Å². The minimum Gasteiger partial charge on any atom is -0.320 e. The first kappa shape index (κ1) is 12.8. The van der Waals surface area contributed by atoms with E-state index in [9.17, 15) is 4.79 Å². The zero-order valence-corrected chi connectivity index (χ0v) is 12.3. The summed E-state index contributed by atoms with van der Waals surface area (Å²) in [6, 6.07) is -0.109. The number of anilines is 1. The SMILES string of the molecule is O=C(Nc1nc(C2CC2)ns1)N1CCCc2[nH]ncc2C1. The van der Waals surface area contributed by atoms with Crippen LogP contribution in [-0.2, 0) is 13.0 Å². The van der Waals surface area contributed by atoms with E-state index in [4.69, 9.17) is 0 Å². The number of urea groups is 1. The summed E-state index contributed by atoms with van der Waals surface area (Å²) in [6.07, 6.45) is 6.01. The van der Waals surface area contributed by atoms with Gasteiger partial charge in [-0.2, -0.15) is 9.47 Å². The van der Waals surface area contributed by atoms with Crippen LogP contribution in [0.5, 0.6) is 0 Å². The molecule has 0 bridgehead atoms. The standard InChI is InChI=1S/C13H16N6OS/c20-13(16-12-15-11(18-21-12)8-3-4-8)19-5-1-2-10-9(7-19)6-14-17-10/h6,8H,1-5,7H2,(H,14,17)(H,15,16,18,20). The Kier molecular flexibility index (Phi) is 3.10. The number of hydrogen-bond donors (Lipinski definition) is 2. The number of carbonyl (C=O) groups excluding carboxylic acids is 1. The molecule has 0 radical (unpaired) electrons. The minimum atomic E-state index is -0.109. The molecule has 7 nitrogen and oxygen atoms in total. The van der Waals surface area contributed by atoms with Crippen molar-refractivity contribution in [2.45, 2.75) is 38.1 Å². The number of fused-ring (bicyclic) bond motifs is 1. The van der Waals surface area contributed by atoms with Gasteiger partial charge < -0.3 is 4.90 Å². The largest absolute Gasteiger partial charge is 0.323 e. The van der Waals surface area contributed by atoms with Gasteiger partial charge in [0.1, 0.15) is 5.82 Å². The van der Waals surface area contributed by atoms with E-state index in [1.807, 2.05) is 0 Å². The molecular weight excluding hydrogens is 288 g/mol. The number of aryl methyl sites for hydroxylation is 1. The van der Waals surface area contributed by atoms with E-state index in [0.717, 1.165) is 36.5 Å². The number of H-pyrrole nitrogens is 1. The smallest absolute Gasteiger partial charge is 0.320 e. The van der Waals surface area contributed by atoms with Crippen LogP contribution in [0.2, 0.25) is 0 Å². The molecule has 8 heteroatoms. The maximum atomic E-state index is 12.4. The first-order valence-corrected chi connectivity index (χ1v) is 7.97. The Labute approximate surface area is 125 Å². The molecule has 2 amide bonds. The molecule has 1 aliphatic carbocycles. The molecule has 0 spiro atoms. The van der Waals surface area contributed by atoms with Crippen LogP contribution in [0.25, 0.3) is 0 Å². The summed E-state index contributed by atoms with van der Waals surface area (Å²) >= 11 is 1.26. The Morgan fingerprint density at radius 3 is 3.24 bits per heavy atom. The molecule has 4 rings (SSSR count). The van der Waals surface area contributed by atoms with E-state index in [1.165, 1.54) is 24.4 Å². The van der Waals surface area contributed by atoms with Crippen molar-refractivity contribution < 1.29 is 4.79 Å². The lowest BCUT2D eigenvalue weighted by molar-refractivity contribution is 0.210. The first-order chi connectivity index (χ1) is 10.3. The lowest BCUT2D eigenvalue weighted by Crippen LogP contribution is -2.34. The Morgan fingerprint density at radius 1 is 1.48 bits per heavy atom. The fourth-order valence-electron chi connectivity index (χ4n) is 2.56. The lowest BCUT2D eigenvalue weighted by Gasteiger charge is -2.19. The van der Waals surface area contributed by atoms with Crippen molar-refractivity contribution in [2.24, 2.45) is 0 Å². The van der Waals surface area contributed by atoms with Crippen molar-refractivity contribution in [2.75, 3.05) is 11.9 Å². The second-order valence-corrected chi connectivity index (χ2v) is 6.31. The van der Waals surface area contributed by atoms with Crippen LogP contribution in [0, 0.1) is 0 Å². The molecule has 21 heavy (non-hydrogen) atoms. The molecule has 0 unspecified atom stereocenters. The number of carbonyl (C=O) groups is 1. The summed E-state index contributed by atoms with van der Waals surface area (Å²) in [5.74, 6) is 1.39. The van der Waals surface area contributed by atoms with E-state index < -0.39 is 0 Å². The van der Waals surface area contributed by atoms with Crippen LogP contribution in [0.3, 0.4) is 0 Å². The van der Waals surface area contributed by atoms with Gasteiger partial charge in [-0.05, 0) is 25.7 Å². The molecule has 2 aliphatic rings. The lowest BCUT2D eigenvalue weighted by atomic mass is 10.2. The quantitative estimate of drug-likeness (QED) is 0.889. The fourth-order valence-corrected chi connectivity index (χ4v) is 3.20. The van der Waals surface area contributed by atoms with E-state index in [2.05, 4.69) is 24.9 Å². The predicted molar refractivity (Wildman–Crippen MR) is 78.2 cm³/mol. The molecule has 1 fully saturated rings. The second kappa shape index (κ2) is 5.10. The van der Waals surface area contributed by atoms with Crippen LogP contribution in [0.4, 0.5) is 9.93 Å². The summed E-state index contributed by atoms with van der Waals surface area (Å²) in [5.41, 5.74) is 2.23. The number of rotatable bonds is 2. The summed E-state index contributed by atoms with van der Waals surface area (Å²) in [7, 11) is 0. The number of hydrogen-bond acceptors (Lipinski definition) is 5. The minimum absolute atomic E-state index is 0.109. The van der Waals surface area contributed by atoms with Gasteiger partial charge in [0.2, 0.25) is 5.13 Å². The highest BCUT2D eigenvalue weighted by molar-refractivity contribution is 7.09. The molecule has 0 aromatic carbocycles. The van der Waals surface area contributed by atoms with Crippen molar-refractivity contribution >= 4 is 22.7 Å². The van der Waals surface area contributed by atoms with Crippen molar-refractivity contribution in [1.29, 1.82) is 0 Å². The van der Waals surface area contributed by atoms with Crippen LogP contribution >= 0.6 is 11.5 Å². The summed E-state index contributed by atoms with van der Waals surface area (Å²) in [4.78, 5) is 18.6. The van der Waals surface area contributed by atoms with Gasteiger partial charge in [-0.3, -0.25) is 10.4 Å². The maximum Gasteiger partial charge on any atom is 0.323 e. The van der Waals surface area contributed by atoms with Gasteiger partial charge in [0.05, 0.1) is 12.7 Å². The first-order valence-electron chi connectivity index (χ1n) is 7.20. The highest BCUT2D eigenvalue weighted by atomic mass is 32.1. The Balaban J connectivity index is 1.44. The molecule has 1 aliphatic heterocycles. The van der Waals surface area contributed by atoms with Crippen LogP contribution < -0.4 is 5.32 Å². The van der Waals surface area contributed by atoms with Gasteiger partial charge >= 0.3 is 6.03 Å². The van der Waals surface area contributed by atoms with Gasteiger partial charge in [-0.1, -0.05) is 0 Å². The molecule has 2 aromatic heterocycles. The number of aromatic amines is 1. The molecule has 3 heterocycles. The Hall–Kier alpha value is -1.96. The third kappa shape index (κ3) is 2.63. The van der Waals surface area contributed by atoms with Crippen molar-refractivity contribution in [1.82, 2.24) is 24.5 Å². The van der Waals surface area contributed by atoms with Gasteiger partial charge in [0.25, 0.3) is 0 Å². The van der Waals surface area contributed by atoms with Crippen LogP contribution in [0.15, 0.2) is 6.20 Å². The molecular formula is C13H16N6OS. The zero-order valence-electron chi connectivity index (χ0n) is 11.5. The van der Waals surface area contributed by atoms with Crippen molar-refractivity contribution in [3.05, 3.63) is 23.3 Å². The predicted octanol–water partition coefficient (Wildman–Crippen LogP) is 2.12. The number of nitrogens with one attached hydrogen (secondary N) is 2. The molecule has 1 saturated carbocycles. The van der Waals surface area contributed by atoms with E-state index in [1.54, 1.807) is 11.1 Å². The van der Waals surface area contributed by atoms with Gasteiger partial charge in [-0.25, -0.2) is 9.78 Å². The molecule has 0 atom stereocenters. The van der Waals surface area contributed by atoms with Gasteiger partial charge in [0.15, 0.2) is 0 Å². The number of nitrogens with zero attached hydrogens (tertiary/aromatic N) is 4. The van der Waals surface area contributed by atoms with Crippen molar-refractivity contribution in [3.8, 4) is 0 Å². The summed E-state index contributed by atoms with van der Waals surface area (Å²) in [6.45, 7) is 1.33. The highest BCUT2D eigenvalue weighted by Gasteiger charge is 2.28. The second-order valence-electron chi connectivity index (χ2n) is 5.56. The fraction of sp³-hybridized carbons (Fsp3) is 0.538. The summed E-state index contributed by atoms with van der Waals surface area (Å²) < 4.78 is 4.30. The third-order valence-corrected chi connectivity index (χ3v) is 4.55. The molecule has 110 valence electrons. The van der Waals surface area contributed by atoms with Crippen LogP contribution in [-0.4, -0.2) is 37.0 Å². The maximum absolute atomic E-state index is 12.4. The monoisotopic (exact) mass is 304 g/mol. The van der Waals surface area contributed by atoms with E-state index in [-0.39, 0.29) is 6.03 Å². The normalized spacial score (nSPS) is 18.2. The molecule has 0 saturated heterocycles. The van der Waals surface area contributed by atoms with Gasteiger partial charge in [0, 0.05) is 35.3 Å². The number of amides is 2. The Bertz CT molecular complexity index is 661. The molecule has 2 aromatic rings. The third-order valence-electron chi connectivity index (χ3n) is 3.91. The average molecular weight is 304 g/mol. The van der Waals surface area contributed by atoms with Crippen molar-refractivity contribution in [3.63, 3.8) is 0 Å². The van der Waals surface area contributed by atoms with E-state index >= 15 is 0 Å².